The third-order valence-corrected chi connectivity index (χ3v) is 4.17. The van der Waals surface area contributed by atoms with E-state index < -0.39 is 5.97 Å². The van der Waals surface area contributed by atoms with Gasteiger partial charge < -0.3 is 14.7 Å². The van der Waals surface area contributed by atoms with E-state index in [1.165, 1.54) is 0 Å². The molecule has 1 atom stereocenters. The number of benzene rings is 1. The maximum absolute atomic E-state index is 10.7. The Kier molecular flexibility index (Phi) is 6.06. The molecule has 0 aliphatic carbocycles. The van der Waals surface area contributed by atoms with Crippen LogP contribution in [0, 0.1) is 0 Å². The van der Waals surface area contributed by atoms with Crippen LogP contribution in [0.5, 0.6) is 5.75 Å². The second-order valence-corrected chi connectivity index (χ2v) is 6.31. The lowest BCUT2D eigenvalue weighted by atomic mass is 10.1. The van der Waals surface area contributed by atoms with Gasteiger partial charge in [0.15, 0.2) is 6.61 Å². The zero-order valence-corrected chi connectivity index (χ0v) is 13.8. The van der Waals surface area contributed by atoms with Gasteiger partial charge >= 0.3 is 5.97 Å². The van der Waals surface area contributed by atoms with E-state index >= 15 is 0 Å². The van der Waals surface area contributed by atoms with Crippen LogP contribution < -0.4 is 4.74 Å². The maximum Gasteiger partial charge on any atom is 0.341 e. The first kappa shape index (κ1) is 17.1. The van der Waals surface area contributed by atoms with Crippen molar-refractivity contribution in [1.29, 1.82) is 0 Å². The highest BCUT2D eigenvalue weighted by Crippen LogP contribution is 2.25. The summed E-state index contributed by atoms with van der Waals surface area (Å²) in [5, 5.41) is 9.42. The Morgan fingerprint density at radius 3 is 2.95 bits per heavy atom. The van der Waals surface area contributed by atoms with Gasteiger partial charge in [0.25, 0.3) is 0 Å². The average Bonchev–Trinajstić information content (AvgIpc) is 2.59. The van der Waals surface area contributed by atoms with Gasteiger partial charge in [0.05, 0.1) is 0 Å². The van der Waals surface area contributed by atoms with Crippen LogP contribution in [0.4, 0.5) is 0 Å². The Labute approximate surface area is 136 Å². The molecule has 1 aromatic rings. The van der Waals surface area contributed by atoms with Crippen LogP contribution in [0.1, 0.15) is 18.9 Å². The van der Waals surface area contributed by atoms with Gasteiger partial charge in [-0.3, -0.25) is 4.90 Å². The van der Waals surface area contributed by atoms with E-state index in [0.717, 1.165) is 31.6 Å². The van der Waals surface area contributed by atoms with Crippen LogP contribution in [-0.2, 0) is 11.3 Å². The molecule has 0 bridgehead atoms. The minimum atomic E-state index is -0.981. The number of likely N-dealkylation sites (N-methyl/N-ethyl adjacent to an activating group) is 1. The number of nitrogens with zero attached hydrogens (tertiary/aromatic N) is 2. The van der Waals surface area contributed by atoms with Gasteiger partial charge in [0.2, 0.25) is 0 Å². The lowest BCUT2D eigenvalue weighted by molar-refractivity contribution is -0.139. The second kappa shape index (κ2) is 7.81. The first-order valence-corrected chi connectivity index (χ1v) is 7.89. The molecule has 0 unspecified atom stereocenters. The molecule has 6 heteroatoms. The van der Waals surface area contributed by atoms with Crippen LogP contribution in [-0.4, -0.2) is 60.2 Å². The Bertz CT molecular complexity index is 524. The first-order valence-electron chi connectivity index (χ1n) is 7.51. The lowest BCUT2D eigenvalue weighted by Crippen LogP contribution is -2.37. The predicted octanol–water partition coefficient (Wildman–Crippen LogP) is 2.33. The van der Waals surface area contributed by atoms with Crippen molar-refractivity contribution < 1.29 is 14.6 Å². The average molecular weight is 327 g/mol. The number of ether oxygens (including phenoxy) is 1. The van der Waals surface area contributed by atoms with E-state index in [4.69, 9.17) is 21.4 Å². The summed E-state index contributed by atoms with van der Waals surface area (Å²) in [6, 6.07) is 5.76. The van der Waals surface area contributed by atoms with Crippen molar-refractivity contribution in [1.82, 2.24) is 9.80 Å². The minimum absolute atomic E-state index is 0.340. The van der Waals surface area contributed by atoms with Crippen LogP contribution in [0.25, 0.3) is 0 Å². The molecule has 1 aliphatic rings. The maximum atomic E-state index is 10.7. The number of carboxylic acid groups (broad SMARTS) is 1. The molecule has 0 spiro atoms. The van der Waals surface area contributed by atoms with E-state index in [-0.39, 0.29) is 6.61 Å². The van der Waals surface area contributed by atoms with Gasteiger partial charge in [-0.2, -0.15) is 0 Å². The Hall–Kier alpha value is -1.30. The number of hydrogen-bond acceptors (Lipinski definition) is 4. The van der Waals surface area contributed by atoms with E-state index in [9.17, 15) is 4.79 Å². The van der Waals surface area contributed by atoms with Crippen molar-refractivity contribution in [3.05, 3.63) is 28.8 Å². The van der Waals surface area contributed by atoms with Crippen LogP contribution >= 0.6 is 11.6 Å². The SMILES string of the molecule is C[C@H]1CN(C)CCCN1Cc1cc(Cl)ccc1OCC(=O)O. The third kappa shape index (κ3) is 4.87. The molecule has 22 heavy (non-hydrogen) atoms. The number of hydrogen-bond donors (Lipinski definition) is 1. The number of carbonyl (C=O) groups is 1. The topological polar surface area (TPSA) is 53.0 Å². The molecule has 1 aliphatic heterocycles. The van der Waals surface area contributed by atoms with Gasteiger partial charge in [-0.25, -0.2) is 4.79 Å². The fraction of sp³-hybridized carbons (Fsp3) is 0.562. The Morgan fingerprint density at radius 1 is 1.45 bits per heavy atom. The van der Waals surface area contributed by atoms with E-state index in [1.54, 1.807) is 12.1 Å². The minimum Gasteiger partial charge on any atom is -0.482 e. The molecule has 5 nitrogen and oxygen atoms in total. The van der Waals surface area contributed by atoms with Crippen molar-refractivity contribution >= 4 is 17.6 Å². The van der Waals surface area contributed by atoms with Crippen molar-refractivity contribution in [2.24, 2.45) is 0 Å². The summed E-state index contributed by atoms with van der Waals surface area (Å²) in [4.78, 5) is 15.4. The van der Waals surface area contributed by atoms with Gasteiger partial charge in [-0.15, -0.1) is 0 Å². The molecule has 1 aromatic carbocycles. The van der Waals surface area contributed by atoms with Crippen LogP contribution in [0.15, 0.2) is 18.2 Å². The molecule has 0 amide bonds. The number of carboxylic acids is 1. The lowest BCUT2D eigenvalue weighted by Gasteiger charge is -2.28. The molecule has 0 radical (unpaired) electrons. The number of aliphatic carboxylic acids is 1. The first-order chi connectivity index (χ1) is 10.5. The fourth-order valence-electron chi connectivity index (χ4n) is 2.83. The Balaban J connectivity index is 2.12. The molecule has 122 valence electrons. The second-order valence-electron chi connectivity index (χ2n) is 5.87. The van der Waals surface area contributed by atoms with Crippen molar-refractivity contribution in [2.75, 3.05) is 33.3 Å². The van der Waals surface area contributed by atoms with Crippen molar-refractivity contribution in [2.45, 2.75) is 25.9 Å². The molecule has 1 N–H and O–H groups in total. The summed E-state index contributed by atoms with van der Waals surface area (Å²) >= 11 is 6.09. The third-order valence-electron chi connectivity index (χ3n) is 3.93. The van der Waals surface area contributed by atoms with Gasteiger partial charge in [0, 0.05) is 36.3 Å². The molecule has 2 rings (SSSR count). The van der Waals surface area contributed by atoms with Gasteiger partial charge in [-0.1, -0.05) is 11.6 Å². The molecule has 0 aromatic heterocycles. The Morgan fingerprint density at radius 2 is 2.23 bits per heavy atom. The van der Waals surface area contributed by atoms with Gasteiger partial charge in [0.1, 0.15) is 5.75 Å². The number of rotatable bonds is 5. The highest BCUT2D eigenvalue weighted by molar-refractivity contribution is 6.30. The summed E-state index contributed by atoms with van der Waals surface area (Å²) in [6.45, 7) is 5.71. The molecule has 1 heterocycles. The van der Waals surface area contributed by atoms with E-state index in [2.05, 4.69) is 23.8 Å². The summed E-state index contributed by atoms with van der Waals surface area (Å²) in [6.07, 6.45) is 1.12. The molecule has 1 fully saturated rings. The normalized spacial score (nSPS) is 20.6. The molecule has 1 saturated heterocycles. The number of halogens is 1. The monoisotopic (exact) mass is 326 g/mol. The van der Waals surface area contributed by atoms with Gasteiger partial charge in [-0.05, 0) is 45.1 Å². The molecule has 0 saturated carbocycles. The fourth-order valence-corrected chi connectivity index (χ4v) is 3.02. The summed E-state index contributed by atoms with van der Waals surface area (Å²) in [7, 11) is 2.14. The quantitative estimate of drug-likeness (QED) is 0.900. The zero-order chi connectivity index (χ0) is 16.1. The molecular formula is C16H23ClN2O3. The predicted molar refractivity (Wildman–Crippen MR) is 86.6 cm³/mol. The standard InChI is InChI=1S/C16H23ClN2O3/c1-12-9-18(2)6-3-7-19(12)10-13-8-14(17)4-5-15(13)22-11-16(20)21/h4-5,8,12H,3,6-7,9-11H2,1-2H3,(H,20,21)/t12-/m0/s1. The zero-order valence-electron chi connectivity index (χ0n) is 13.1. The van der Waals surface area contributed by atoms with Crippen molar-refractivity contribution in [3.63, 3.8) is 0 Å². The highest BCUT2D eigenvalue weighted by atomic mass is 35.5. The highest BCUT2D eigenvalue weighted by Gasteiger charge is 2.21. The summed E-state index contributed by atoms with van der Waals surface area (Å²) in [5.74, 6) is -0.387. The van der Waals surface area contributed by atoms with E-state index in [0.29, 0.717) is 23.4 Å². The largest absolute Gasteiger partial charge is 0.482 e. The van der Waals surface area contributed by atoms with Crippen LogP contribution in [0.3, 0.4) is 0 Å². The molecular weight excluding hydrogens is 304 g/mol. The van der Waals surface area contributed by atoms with Crippen LogP contribution in [0.2, 0.25) is 5.02 Å². The summed E-state index contributed by atoms with van der Waals surface area (Å²) in [5.41, 5.74) is 0.935. The summed E-state index contributed by atoms with van der Waals surface area (Å²) < 4.78 is 5.39. The smallest absolute Gasteiger partial charge is 0.341 e. The van der Waals surface area contributed by atoms with Crippen molar-refractivity contribution in [3.8, 4) is 5.75 Å². The van der Waals surface area contributed by atoms with E-state index in [1.807, 2.05) is 6.07 Å².